The predicted molar refractivity (Wildman–Crippen MR) is 86.0 cm³/mol. The van der Waals surface area contributed by atoms with E-state index in [1.54, 1.807) is 18.2 Å². The molecule has 2 heterocycles. The lowest BCUT2D eigenvalue weighted by molar-refractivity contribution is -0.146. The van der Waals surface area contributed by atoms with Crippen LogP contribution in [-0.4, -0.2) is 35.8 Å². The van der Waals surface area contributed by atoms with E-state index < -0.39 is 35.2 Å². The molecule has 0 saturated carbocycles. The highest BCUT2D eigenvalue weighted by molar-refractivity contribution is 7.90. The number of carbonyl (C=O) groups excluding carboxylic acids is 1. The maximum absolute atomic E-state index is 12.7. The Labute approximate surface area is 147 Å². The zero-order valence-corrected chi connectivity index (χ0v) is 14.3. The minimum Gasteiger partial charge on any atom is -0.456 e. The number of nitrogens with one attached hydrogen (secondary N) is 1. The second-order valence-corrected chi connectivity index (χ2v) is 7.04. The fourth-order valence-electron chi connectivity index (χ4n) is 2.37. The second kappa shape index (κ2) is 6.83. The van der Waals surface area contributed by atoms with Crippen LogP contribution in [-0.2, 0) is 26.2 Å². The molecule has 0 bridgehead atoms. The number of hydrogen-bond acceptors (Lipinski definition) is 6. The SMILES string of the molecule is C[C@@H](N=C1NS(=O)(=O)c2ccccc21)C(=O)OCc1nccn1C(F)F. The van der Waals surface area contributed by atoms with E-state index in [0.717, 1.165) is 6.20 Å². The zero-order chi connectivity index (χ0) is 18.9. The molecule has 0 spiro atoms. The molecule has 26 heavy (non-hydrogen) atoms. The molecule has 0 saturated heterocycles. The van der Waals surface area contributed by atoms with E-state index in [0.29, 0.717) is 10.1 Å². The molecule has 0 aliphatic carbocycles. The topological polar surface area (TPSA) is 103 Å². The summed E-state index contributed by atoms with van der Waals surface area (Å²) in [7, 11) is -3.72. The van der Waals surface area contributed by atoms with Crippen molar-refractivity contribution in [2.75, 3.05) is 0 Å². The molecule has 0 radical (unpaired) electrons. The van der Waals surface area contributed by atoms with Gasteiger partial charge in [-0.3, -0.25) is 14.3 Å². The number of hydrogen-bond donors (Lipinski definition) is 1. The van der Waals surface area contributed by atoms with Crippen LogP contribution in [0.2, 0.25) is 0 Å². The van der Waals surface area contributed by atoms with E-state index in [1.807, 2.05) is 0 Å². The van der Waals surface area contributed by atoms with Crippen molar-refractivity contribution in [1.29, 1.82) is 0 Å². The number of amidine groups is 1. The van der Waals surface area contributed by atoms with Crippen molar-refractivity contribution in [2.45, 2.75) is 31.0 Å². The average molecular weight is 384 g/mol. The third kappa shape index (κ3) is 3.43. The molecule has 1 aromatic carbocycles. The van der Waals surface area contributed by atoms with Crippen molar-refractivity contribution in [3.8, 4) is 0 Å². The zero-order valence-electron chi connectivity index (χ0n) is 13.5. The molecule has 1 aliphatic heterocycles. The number of imidazole rings is 1. The number of alkyl halides is 2. The number of esters is 1. The van der Waals surface area contributed by atoms with E-state index in [-0.39, 0.29) is 16.6 Å². The normalized spacial score (nSPS) is 17.8. The van der Waals surface area contributed by atoms with Crippen molar-refractivity contribution in [3.05, 3.63) is 48.0 Å². The van der Waals surface area contributed by atoms with Gasteiger partial charge in [0.25, 0.3) is 10.0 Å². The van der Waals surface area contributed by atoms with Crippen molar-refractivity contribution < 1.29 is 26.7 Å². The van der Waals surface area contributed by atoms with Crippen molar-refractivity contribution >= 4 is 21.8 Å². The van der Waals surface area contributed by atoms with E-state index in [2.05, 4.69) is 14.7 Å². The molecule has 11 heteroatoms. The Morgan fingerprint density at radius 3 is 2.85 bits per heavy atom. The first kappa shape index (κ1) is 18.0. The van der Waals surface area contributed by atoms with Gasteiger partial charge in [-0.05, 0) is 19.1 Å². The van der Waals surface area contributed by atoms with Crippen LogP contribution in [0.5, 0.6) is 0 Å². The van der Waals surface area contributed by atoms with Crippen LogP contribution in [0, 0.1) is 0 Å². The molecule has 0 amide bonds. The fourth-order valence-corrected chi connectivity index (χ4v) is 3.60. The number of nitrogens with zero attached hydrogens (tertiary/aromatic N) is 3. The minimum atomic E-state index is -3.72. The van der Waals surface area contributed by atoms with Crippen LogP contribution in [0.3, 0.4) is 0 Å². The lowest BCUT2D eigenvalue weighted by Gasteiger charge is -2.10. The van der Waals surface area contributed by atoms with Gasteiger partial charge in [0.2, 0.25) is 0 Å². The van der Waals surface area contributed by atoms with Crippen LogP contribution in [0.25, 0.3) is 0 Å². The van der Waals surface area contributed by atoms with Crippen LogP contribution in [0.4, 0.5) is 8.78 Å². The van der Waals surface area contributed by atoms with Crippen molar-refractivity contribution in [1.82, 2.24) is 14.3 Å². The standard InChI is InChI=1S/C15H14F2N4O4S/c1-9(14(22)25-8-12-18-6-7-21(12)15(16)17)19-13-10-4-2-3-5-11(10)26(23,24)20-13/h2-7,9,15H,8H2,1H3,(H,19,20)/t9-/m1/s1. The highest BCUT2D eigenvalue weighted by atomic mass is 32.2. The monoisotopic (exact) mass is 384 g/mol. The van der Waals surface area contributed by atoms with Gasteiger partial charge in [0.15, 0.2) is 5.82 Å². The van der Waals surface area contributed by atoms with E-state index in [1.165, 1.54) is 19.2 Å². The maximum atomic E-state index is 12.7. The summed E-state index contributed by atoms with van der Waals surface area (Å²) >= 11 is 0. The summed E-state index contributed by atoms with van der Waals surface area (Å²) in [5.41, 5.74) is 0.348. The molecular formula is C15H14F2N4O4S. The van der Waals surface area contributed by atoms with Crippen LogP contribution in [0.15, 0.2) is 46.5 Å². The second-order valence-electron chi connectivity index (χ2n) is 5.39. The Morgan fingerprint density at radius 1 is 1.38 bits per heavy atom. The number of ether oxygens (including phenoxy) is 1. The Bertz CT molecular complexity index is 972. The summed E-state index contributed by atoms with van der Waals surface area (Å²) in [6, 6.07) is 5.15. The Hall–Kier alpha value is -2.82. The summed E-state index contributed by atoms with van der Waals surface area (Å²) in [5, 5.41) is 0. The van der Waals surface area contributed by atoms with Gasteiger partial charge in [-0.15, -0.1) is 0 Å². The van der Waals surface area contributed by atoms with Crippen LogP contribution >= 0.6 is 0 Å². The van der Waals surface area contributed by atoms with Gasteiger partial charge < -0.3 is 4.74 Å². The average Bonchev–Trinajstić information content (AvgIpc) is 3.16. The molecule has 1 atom stereocenters. The Morgan fingerprint density at radius 2 is 2.12 bits per heavy atom. The van der Waals surface area contributed by atoms with Gasteiger partial charge in [0, 0.05) is 18.0 Å². The predicted octanol–water partition coefficient (Wildman–Crippen LogP) is 1.45. The summed E-state index contributed by atoms with van der Waals surface area (Å²) in [5.74, 6) is -0.885. The number of rotatable bonds is 5. The van der Waals surface area contributed by atoms with Crippen molar-refractivity contribution in [3.63, 3.8) is 0 Å². The quantitative estimate of drug-likeness (QED) is 0.786. The molecule has 2 aromatic rings. The number of benzene rings is 1. The largest absolute Gasteiger partial charge is 0.456 e. The summed E-state index contributed by atoms with van der Waals surface area (Å²) in [6.07, 6.45) is 2.24. The molecular weight excluding hydrogens is 370 g/mol. The van der Waals surface area contributed by atoms with Crippen LogP contribution < -0.4 is 4.72 Å². The number of sulfonamides is 1. The third-order valence-electron chi connectivity index (χ3n) is 3.63. The molecule has 1 aliphatic rings. The lowest BCUT2D eigenvalue weighted by atomic mass is 10.2. The lowest BCUT2D eigenvalue weighted by Crippen LogP contribution is -2.27. The highest BCUT2D eigenvalue weighted by Gasteiger charge is 2.31. The molecule has 138 valence electrons. The van der Waals surface area contributed by atoms with Crippen LogP contribution in [0.1, 0.15) is 24.9 Å². The molecule has 1 N–H and O–H groups in total. The Balaban J connectivity index is 1.72. The fraction of sp³-hybridized carbons (Fsp3) is 0.267. The number of aliphatic imine (C=N–C) groups is 1. The first-order chi connectivity index (χ1) is 12.3. The van der Waals surface area contributed by atoms with Gasteiger partial charge in [0.1, 0.15) is 18.5 Å². The first-order valence-corrected chi connectivity index (χ1v) is 8.94. The van der Waals surface area contributed by atoms with Gasteiger partial charge in [-0.25, -0.2) is 18.2 Å². The number of carbonyl (C=O) groups is 1. The minimum absolute atomic E-state index is 0.0270. The summed E-state index contributed by atoms with van der Waals surface area (Å²) < 4.78 is 57.3. The number of fused-ring (bicyclic) bond motifs is 1. The van der Waals surface area contributed by atoms with Gasteiger partial charge in [-0.1, -0.05) is 12.1 Å². The first-order valence-electron chi connectivity index (χ1n) is 7.46. The van der Waals surface area contributed by atoms with Gasteiger partial charge >= 0.3 is 12.5 Å². The van der Waals surface area contributed by atoms with E-state index in [9.17, 15) is 22.0 Å². The third-order valence-corrected chi connectivity index (χ3v) is 5.03. The molecule has 0 fully saturated rings. The van der Waals surface area contributed by atoms with Crippen molar-refractivity contribution in [2.24, 2.45) is 4.99 Å². The van der Waals surface area contributed by atoms with Gasteiger partial charge in [0.05, 0.1) is 4.90 Å². The van der Waals surface area contributed by atoms with E-state index in [4.69, 9.17) is 4.74 Å². The maximum Gasteiger partial charge on any atom is 0.331 e. The molecule has 3 rings (SSSR count). The molecule has 8 nitrogen and oxygen atoms in total. The smallest absolute Gasteiger partial charge is 0.331 e. The summed E-state index contributed by atoms with van der Waals surface area (Å²) in [6.45, 7) is -1.84. The Kier molecular flexibility index (Phi) is 4.72. The number of halogens is 2. The molecule has 0 unspecified atom stereocenters. The summed E-state index contributed by atoms with van der Waals surface area (Å²) in [4.78, 5) is 19.9. The highest BCUT2D eigenvalue weighted by Crippen LogP contribution is 2.22. The van der Waals surface area contributed by atoms with E-state index >= 15 is 0 Å². The number of aromatic nitrogens is 2. The van der Waals surface area contributed by atoms with Gasteiger partial charge in [-0.2, -0.15) is 8.78 Å². The molecule has 1 aromatic heterocycles.